The third-order valence-corrected chi connectivity index (χ3v) is 2.98. The predicted molar refractivity (Wildman–Crippen MR) is 73.8 cm³/mol. The van der Waals surface area contributed by atoms with Crippen LogP contribution in [0.25, 0.3) is 0 Å². The van der Waals surface area contributed by atoms with E-state index in [9.17, 15) is 9.90 Å². The van der Waals surface area contributed by atoms with E-state index in [1.807, 2.05) is 30.3 Å². The smallest absolute Gasteiger partial charge is 0.312 e. The standard InChI is InChI=1S/C15H16N2O3/c1-10-16-13(9-14(17-10)20-2)12(15(18)19)8-11-6-4-3-5-7-11/h3-7,9,12H,8H2,1-2H3,(H,18,19). The van der Waals surface area contributed by atoms with Gasteiger partial charge in [0.05, 0.1) is 12.8 Å². The van der Waals surface area contributed by atoms with Crippen molar-refractivity contribution in [2.45, 2.75) is 19.3 Å². The highest BCUT2D eigenvalue weighted by atomic mass is 16.5. The van der Waals surface area contributed by atoms with Crippen LogP contribution in [0.15, 0.2) is 36.4 Å². The van der Waals surface area contributed by atoms with Crippen molar-refractivity contribution in [1.29, 1.82) is 0 Å². The average molecular weight is 272 g/mol. The van der Waals surface area contributed by atoms with E-state index >= 15 is 0 Å². The summed E-state index contributed by atoms with van der Waals surface area (Å²) in [5, 5.41) is 9.44. The van der Waals surface area contributed by atoms with Crippen molar-refractivity contribution in [3.05, 3.63) is 53.5 Å². The van der Waals surface area contributed by atoms with Crippen LogP contribution in [0, 0.1) is 6.92 Å². The van der Waals surface area contributed by atoms with Crippen molar-refractivity contribution in [2.75, 3.05) is 7.11 Å². The molecular weight excluding hydrogens is 256 g/mol. The van der Waals surface area contributed by atoms with Crippen molar-refractivity contribution in [2.24, 2.45) is 0 Å². The number of methoxy groups -OCH3 is 1. The summed E-state index contributed by atoms with van der Waals surface area (Å²) < 4.78 is 5.07. The lowest BCUT2D eigenvalue weighted by molar-refractivity contribution is -0.138. The molecule has 2 rings (SSSR count). The monoisotopic (exact) mass is 272 g/mol. The molecule has 0 spiro atoms. The third-order valence-electron chi connectivity index (χ3n) is 2.98. The number of aromatic nitrogens is 2. The maximum absolute atomic E-state index is 11.5. The molecule has 0 saturated carbocycles. The summed E-state index contributed by atoms with van der Waals surface area (Å²) in [6.07, 6.45) is 0.385. The van der Waals surface area contributed by atoms with Gasteiger partial charge in [0.15, 0.2) is 0 Å². The number of nitrogens with zero attached hydrogens (tertiary/aromatic N) is 2. The fourth-order valence-corrected chi connectivity index (χ4v) is 2.01. The molecule has 104 valence electrons. The summed E-state index contributed by atoms with van der Waals surface area (Å²) in [6, 6.07) is 11.1. The quantitative estimate of drug-likeness (QED) is 0.903. The van der Waals surface area contributed by atoms with Crippen molar-refractivity contribution in [1.82, 2.24) is 9.97 Å². The second-order valence-corrected chi connectivity index (χ2v) is 4.46. The normalized spacial score (nSPS) is 11.9. The van der Waals surface area contributed by atoms with Crippen molar-refractivity contribution in [3.63, 3.8) is 0 Å². The average Bonchev–Trinajstić information content (AvgIpc) is 2.44. The van der Waals surface area contributed by atoms with E-state index < -0.39 is 11.9 Å². The van der Waals surface area contributed by atoms with Gasteiger partial charge in [-0.1, -0.05) is 30.3 Å². The maximum Gasteiger partial charge on any atom is 0.312 e. The number of benzene rings is 1. The van der Waals surface area contributed by atoms with Gasteiger partial charge in [0, 0.05) is 6.07 Å². The highest BCUT2D eigenvalue weighted by molar-refractivity contribution is 5.76. The van der Waals surface area contributed by atoms with E-state index in [1.165, 1.54) is 7.11 Å². The van der Waals surface area contributed by atoms with Gasteiger partial charge in [-0.05, 0) is 18.9 Å². The first-order chi connectivity index (χ1) is 9.60. The Morgan fingerprint density at radius 3 is 2.60 bits per heavy atom. The molecule has 2 aromatic rings. The number of carbonyl (C=O) groups is 1. The van der Waals surface area contributed by atoms with Crippen molar-refractivity contribution in [3.8, 4) is 5.88 Å². The molecule has 0 bridgehead atoms. The second kappa shape index (κ2) is 6.14. The second-order valence-electron chi connectivity index (χ2n) is 4.46. The number of carboxylic acids is 1. The van der Waals surface area contributed by atoms with Gasteiger partial charge in [0.1, 0.15) is 11.7 Å². The third kappa shape index (κ3) is 3.32. The molecular formula is C15H16N2O3. The Morgan fingerprint density at radius 1 is 1.30 bits per heavy atom. The molecule has 1 N–H and O–H groups in total. The number of aliphatic carboxylic acids is 1. The Kier molecular flexibility index (Phi) is 4.30. The van der Waals surface area contributed by atoms with E-state index in [1.54, 1.807) is 13.0 Å². The van der Waals surface area contributed by atoms with E-state index in [-0.39, 0.29) is 0 Å². The van der Waals surface area contributed by atoms with Crippen LogP contribution in [-0.2, 0) is 11.2 Å². The van der Waals surface area contributed by atoms with Crippen LogP contribution in [0.1, 0.15) is 23.0 Å². The molecule has 20 heavy (non-hydrogen) atoms. The molecule has 0 aliphatic heterocycles. The van der Waals surface area contributed by atoms with E-state index in [2.05, 4.69) is 9.97 Å². The summed E-state index contributed by atoms with van der Waals surface area (Å²) in [6.45, 7) is 1.72. The molecule has 0 aliphatic rings. The topological polar surface area (TPSA) is 72.3 Å². The van der Waals surface area contributed by atoms with Gasteiger partial charge in [0.2, 0.25) is 5.88 Å². The highest BCUT2D eigenvalue weighted by Gasteiger charge is 2.23. The van der Waals surface area contributed by atoms with Gasteiger partial charge >= 0.3 is 5.97 Å². The molecule has 1 unspecified atom stereocenters. The van der Waals surface area contributed by atoms with E-state index in [4.69, 9.17) is 4.74 Å². The van der Waals surface area contributed by atoms with Gasteiger partial charge < -0.3 is 9.84 Å². The summed E-state index contributed by atoms with van der Waals surface area (Å²) in [7, 11) is 1.50. The van der Waals surface area contributed by atoms with Gasteiger partial charge in [-0.3, -0.25) is 4.79 Å². The van der Waals surface area contributed by atoms with Crippen LogP contribution in [-0.4, -0.2) is 28.2 Å². The minimum absolute atomic E-state index is 0.381. The number of ether oxygens (including phenoxy) is 1. The fraction of sp³-hybridized carbons (Fsp3) is 0.267. The molecule has 0 radical (unpaired) electrons. The molecule has 0 amide bonds. The Labute approximate surface area is 117 Å². The molecule has 1 aromatic carbocycles. The summed E-state index contributed by atoms with van der Waals surface area (Å²) in [5.41, 5.74) is 1.42. The number of rotatable bonds is 5. The van der Waals surface area contributed by atoms with Crippen LogP contribution >= 0.6 is 0 Å². The first-order valence-electron chi connectivity index (χ1n) is 6.26. The lowest BCUT2D eigenvalue weighted by Crippen LogP contribution is -2.17. The maximum atomic E-state index is 11.5. The van der Waals surface area contributed by atoms with Crippen LogP contribution in [0.4, 0.5) is 0 Å². The Hall–Kier alpha value is -2.43. The highest BCUT2D eigenvalue weighted by Crippen LogP contribution is 2.22. The van der Waals surface area contributed by atoms with Crippen molar-refractivity contribution >= 4 is 5.97 Å². The molecule has 0 fully saturated rings. The Morgan fingerprint density at radius 2 is 2.00 bits per heavy atom. The first kappa shape index (κ1) is 14.0. The number of aryl methyl sites for hydroxylation is 1. The van der Waals surface area contributed by atoms with Crippen LogP contribution in [0.2, 0.25) is 0 Å². The van der Waals surface area contributed by atoms with Gasteiger partial charge in [-0.25, -0.2) is 4.98 Å². The van der Waals surface area contributed by atoms with Crippen molar-refractivity contribution < 1.29 is 14.6 Å². The first-order valence-corrected chi connectivity index (χ1v) is 6.26. The number of carboxylic acid groups (broad SMARTS) is 1. The molecule has 1 aromatic heterocycles. The van der Waals surface area contributed by atoms with Crippen LogP contribution < -0.4 is 4.74 Å². The largest absolute Gasteiger partial charge is 0.481 e. The van der Waals surface area contributed by atoms with Gasteiger partial charge in [-0.2, -0.15) is 4.98 Å². The minimum Gasteiger partial charge on any atom is -0.481 e. The number of hydrogen-bond acceptors (Lipinski definition) is 4. The minimum atomic E-state index is -0.908. The zero-order valence-electron chi connectivity index (χ0n) is 11.4. The summed E-state index contributed by atoms with van der Waals surface area (Å²) >= 11 is 0. The molecule has 1 atom stereocenters. The lowest BCUT2D eigenvalue weighted by atomic mass is 9.96. The van der Waals surface area contributed by atoms with Gasteiger partial charge in [0.25, 0.3) is 0 Å². The molecule has 1 heterocycles. The molecule has 5 heteroatoms. The molecule has 0 saturated heterocycles. The van der Waals surface area contributed by atoms with Gasteiger partial charge in [-0.15, -0.1) is 0 Å². The van der Waals surface area contributed by atoms with E-state index in [0.29, 0.717) is 23.8 Å². The molecule has 0 aliphatic carbocycles. The Balaban J connectivity index is 2.34. The fourth-order valence-electron chi connectivity index (χ4n) is 2.01. The zero-order valence-corrected chi connectivity index (χ0v) is 11.4. The predicted octanol–water partition coefficient (Wildman–Crippen LogP) is 2.20. The zero-order chi connectivity index (χ0) is 14.5. The summed E-state index contributed by atoms with van der Waals surface area (Å²) in [5.74, 6) is -0.743. The Bertz CT molecular complexity index is 599. The van der Waals surface area contributed by atoms with Crippen LogP contribution in [0.3, 0.4) is 0 Å². The molecule has 5 nitrogen and oxygen atoms in total. The van der Waals surface area contributed by atoms with E-state index in [0.717, 1.165) is 5.56 Å². The van der Waals surface area contributed by atoms with Crippen LogP contribution in [0.5, 0.6) is 5.88 Å². The summed E-state index contributed by atoms with van der Waals surface area (Å²) in [4.78, 5) is 19.8. The lowest BCUT2D eigenvalue weighted by Gasteiger charge is -2.13. The number of hydrogen-bond donors (Lipinski definition) is 1. The SMILES string of the molecule is COc1cc(C(Cc2ccccc2)C(=O)O)nc(C)n1.